The highest BCUT2D eigenvalue weighted by Crippen LogP contribution is 2.24. The predicted octanol–water partition coefficient (Wildman–Crippen LogP) is 0.869. The maximum absolute atomic E-state index is 14.1. The average Bonchev–Trinajstić information content (AvgIpc) is 3.12. The monoisotopic (exact) mass is 411 g/mol. The van der Waals surface area contributed by atoms with Gasteiger partial charge in [0.05, 0.1) is 19.3 Å². The van der Waals surface area contributed by atoms with E-state index in [1.54, 1.807) is 11.8 Å². The summed E-state index contributed by atoms with van der Waals surface area (Å²) >= 11 is 1.60. The highest BCUT2D eigenvalue weighted by molar-refractivity contribution is 7.99. The molecule has 11 heteroatoms. The van der Waals surface area contributed by atoms with Gasteiger partial charge in [-0.05, 0) is 18.2 Å². The van der Waals surface area contributed by atoms with Crippen molar-refractivity contribution in [2.45, 2.75) is 10.9 Å². The number of thioether (sulfide) groups is 1. The van der Waals surface area contributed by atoms with Gasteiger partial charge in [0.25, 0.3) is 0 Å². The fourth-order valence-electron chi connectivity index (χ4n) is 2.50. The molecule has 2 saturated heterocycles. The first kappa shape index (κ1) is 20.4. The Morgan fingerprint density at radius 3 is 2.72 bits per heavy atom. The average molecular weight is 412 g/mol. The second-order valence-electron chi connectivity index (χ2n) is 5.42. The Labute approximate surface area is 156 Å². The number of ether oxygens (including phenoxy) is 1. The normalized spacial score (nSPS) is 21.6. The Kier molecular flexibility index (Phi) is 7.06. The van der Waals surface area contributed by atoms with E-state index in [0.29, 0.717) is 11.6 Å². The molecule has 0 saturated carbocycles. The van der Waals surface area contributed by atoms with E-state index in [0.717, 1.165) is 6.07 Å². The number of nitrogens with zero attached hydrogens (tertiary/aromatic N) is 1. The largest absolute Gasteiger partial charge is 0.379 e. The molecule has 0 aliphatic carbocycles. The van der Waals surface area contributed by atoms with Gasteiger partial charge >= 0.3 is 0 Å². The highest BCUT2D eigenvalue weighted by atomic mass is 35.5. The van der Waals surface area contributed by atoms with Crippen LogP contribution >= 0.6 is 24.2 Å². The molecule has 1 aromatic rings. The summed E-state index contributed by atoms with van der Waals surface area (Å²) in [7, 11) is -3.96. The summed E-state index contributed by atoms with van der Waals surface area (Å²) in [5.74, 6) is 0.236. The number of halogens is 2. The van der Waals surface area contributed by atoms with Crippen LogP contribution in [0.4, 0.5) is 10.1 Å². The van der Waals surface area contributed by atoms with Crippen molar-refractivity contribution in [3.8, 4) is 0 Å². The van der Waals surface area contributed by atoms with E-state index in [1.165, 1.54) is 16.4 Å². The van der Waals surface area contributed by atoms with Crippen LogP contribution in [-0.2, 0) is 19.6 Å². The van der Waals surface area contributed by atoms with Crippen LogP contribution in [0.25, 0.3) is 0 Å². The molecule has 25 heavy (non-hydrogen) atoms. The van der Waals surface area contributed by atoms with Crippen molar-refractivity contribution < 1.29 is 22.3 Å². The van der Waals surface area contributed by atoms with Crippen molar-refractivity contribution in [1.29, 1.82) is 0 Å². The molecular formula is C14H19ClFN3O4S2. The second kappa shape index (κ2) is 8.65. The third kappa shape index (κ3) is 4.63. The minimum Gasteiger partial charge on any atom is -0.379 e. The van der Waals surface area contributed by atoms with Crippen molar-refractivity contribution in [2.24, 2.45) is 0 Å². The number of carbonyl (C=O) groups excluding carboxylic acids is 1. The van der Waals surface area contributed by atoms with E-state index < -0.39 is 20.7 Å². The number of morpholine rings is 1. The number of benzene rings is 1. The molecule has 0 aromatic heterocycles. The Hall–Kier alpha value is -0.910. The maximum atomic E-state index is 14.1. The van der Waals surface area contributed by atoms with Crippen LogP contribution in [0.2, 0.25) is 0 Å². The Balaban J connectivity index is 0.00000225. The number of hydrogen-bond acceptors (Lipinski definition) is 6. The Morgan fingerprint density at radius 1 is 1.36 bits per heavy atom. The zero-order chi connectivity index (χ0) is 17.2. The summed E-state index contributed by atoms with van der Waals surface area (Å²) in [6, 6.07) is 3.24. The standard InChI is InChI=1S/C14H18FN3O4S2.ClH/c15-11-2-1-10(17-14(19)12-8-23-9-16-12)7-13(11)24(20,21)18-3-5-22-6-4-18;/h1-2,7,12,16H,3-6,8-9H2,(H,17,19);1H. The smallest absolute Gasteiger partial charge is 0.246 e. The molecule has 1 amide bonds. The fraction of sp³-hybridized carbons (Fsp3) is 0.500. The Bertz CT molecular complexity index is 723. The van der Waals surface area contributed by atoms with Gasteiger partial charge in [0.15, 0.2) is 0 Å². The lowest BCUT2D eigenvalue weighted by Gasteiger charge is -2.26. The number of nitrogens with one attached hydrogen (secondary N) is 2. The number of hydrogen-bond donors (Lipinski definition) is 2. The van der Waals surface area contributed by atoms with Crippen molar-refractivity contribution in [3.63, 3.8) is 0 Å². The van der Waals surface area contributed by atoms with E-state index >= 15 is 0 Å². The van der Waals surface area contributed by atoms with Crippen LogP contribution in [0.3, 0.4) is 0 Å². The van der Waals surface area contributed by atoms with Gasteiger partial charge in [-0.25, -0.2) is 12.8 Å². The van der Waals surface area contributed by atoms with Crippen LogP contribution in [-0.4, -0.2) is 62.6 Å². The third-order valence-corrected chi connectivity index (χ3v) is 6.67. The lowest BCUT2D eigenvalue weighted by molar-refractivity contribution is -0.117. The number of sulfonamides is 1. The summed E-state index contributed by atoms with van der Waals surface area (Å²) < 4.78 is 45.6. The predicted molar refractivity (Wildman–Crippen MR) is 96.1 cm³/mol. The van der Waals surface area contributed by atoms with E-state index in [9.17, 15) is 17.6 Å². The molecule has 2 aliphatic rings. The van der Waals surface area contributed by atoms with Crippen LogP contribution in [0.5, 0.6) is 0 Å². The first-order valence-corrected chi connectivity index (χ1v) is 10.1. The molecule has 1 atom stereocenters. The minimum absolute atomic E-state index is 0. The SMILES string of the molecule is Cl.O=C(Nc1ccc(F)c(S(=O)(=O)N2CCOCC2)c1)C1CSCN1. The lowest BCUT2D eigenvalue weighted by atomic mass is 10.2. The summed E-state index contributed by atoms with van der Waals surface area (Å²) in [5.41, 5.74) is 0.256. The van der Waals surface area contributed by atoms with Gasteiger partial charge in [-0.3, -0.25) is 10.1 Å². The van der Waals surface area contributed by atoms with E-state index in [2.05, 4.69) is 10.6 Å². The summed E-state index contributed by atoms with van der Waals surface area (Å²) in [4.78, 5) is 11.7. The van der Waals surface area contributed by atoms with Gasteiger partial charge in [-0.2, -0.15) is 4.31 Å². The van der Waals surface area contributed by atoms with Gasteiger partial charge < -0.3 is 10.1 Å². The Morgan fingerprint density at radius 2 is 2.08 bits per heavy atom. The molecule has 1 aromatic carbocycles. The molecule has 0 spiro atoms. The first-order chi connectivity index (χ1) is 11.5. The first-order valence-electron chi connectivity index (χ1n) is 7.48. The number of rotatable bonds is 4. The van der Waals surface area contributed by atoms with Crippen molar-refractivity contribution in [3.05, 3.63) is 24.0 Å². The highest BCUT2D eigenvalue weighted by Gasteiger charge is 2.30. The zero-order valence-electron chi connectivity index (χ0n) is 13.2. The zero-order valence-corrected chi connectivity index (χ0v) is 15.7. The van der Waals surface area contributed by atoms with E-state index in [1.807, 2.05) is 0 Å². The minimum atomic E-state index is -3.96. The molecule has 7 nitrogen and oxygen atoms in total. The number of anilines is 1. The van der Waals surface area contributed by atoms with Crippen LogP contribution < -0.4 is 10.6 Å². The quantitative estimate of drug-likeness (QED) is 0.764. The molecule has 2 N–H and O–H groups in total. The van der Waals surface area contributed by atoms with Crippen molar-refractivity contribution in [1.82, 2.24) is 9.62 Å². The van der Waals surface area contributed by atoms with E-state index in [4.69, 9.17) is 4.74 Å². The van der Waals surface area contributed by atoms with Crippen LogP contribution in [0.1, 0.15) is 0 Å². The third-order valence-electron chi connectivity index (χ3n) is 3.82. The van der Waals surface area contributed by atoms with Gasteiger partial charge in [0.2, 0.25) is 15.9 Å². The molecule has 1 unspecified atom stereocenters. The molecule has 2 aliphatic heterocycles. The fourth-order valence-corrected chi connectivity index (χ4v) is 4.94. The van der Waals surface area contributed by atoms with Gasteiger partial charge in [0.1, 0.15) is 10.7 Å². The molecule has 0 bridgehead atoms. The summed E-state index contributed by atoms with van der Waals surface area (Å²) in [6.45, 7) is 0.924. The van der Waals surface area contributed by atoms with Crippen molar-refractivity contribution >= 4 is 45.8 Å². The second-order valence-corrected chi connectivity index (χ2v) is 8.36. The van der Waals surface area contributed by atoms with Gasteiger partial charge in [-0.15, -0.1) is 24.2 Å². The van der Waals surface area contributed by atoms with E-state index in [-0.39, 0.29) is 56.3 Å². The molecule has 140 valence electrons. The number of amides is 1. The van der Waals surface area contributed by atoms with Gasteiger partial charge in [0, 0.05) is 30.4 Å². The summed E-state index contributed by atoms with van der Waals surface area (Å²) in [5, 5.41) is 5.66. The maximum Gasteiger partial charge on any atom is 0.246 e. The topological polar surface area (TPSA) is 87.7 Å². The summed E-state index contributed by atoms with van der Waals surface area (Å²) in [6.07, 6.45) is 0. The molecular weight excluding hydrogens is 393 g/mol. The van der Waals surface area contributed by atoms with Crippen molar-refractivity contribution in [2.75, 3.05) is 43.2 Å². The molecule has 3 rings (SSSR count). The molecule has 2 fully saturated rings. The van der Waals surface area contributed by atoms with Crippen LogP contribution in [0.15, 0.2) is 23.1 Å². The lowest BCUT2D eigenvalue weighted by Crippen LogP contribution is -2.41. The number of carbonyl (C=O) groups is 1. The molecule has 0 radical (unpaired) electrons. The van der Waals surface area contributed by atoms with Crippen LogP contribution in [0, 0.1) is 5.82 Å². The molecule has 2 heterocycles. The van der Waals surface area contributed by atoms with Gasteiger partial charge in [-0.1, -0.05) is 0 Å².